The molecule has 0 radical (unpaired) electrons. The van der Waals surface area contributed by atoms with E-state index in [4.69, 9.17) is 4.74 Å². The van der Waals surface area contributed by atoms with Gasteiger partial charge in [-0.3, -0.25) is 9.78 Å². The molecule has 3 rings (SSSR count). The Morgan fingerprint density at radius 2 is 2.35 bits per heavy atom. The SMILES string of the molecule is COc1cnc(C)cc1C(=O)N1CCc2sccc2C1. The van der Waals surface area contributed by atoms with Crippen LogP contribution in [0.25, 0.3) is 0 Å². The number of hydrogen-bond donors (Lipinski definition) is 0. The summed E-state index contributed by atoms with van der Waals surface area (Å²) < 4.78 is 5.26. The molecule has 4 nitrogen and oxygen atoms in total. The van der Waals surface area contributed by atoms with Crippen molar-refractivity contribution in [2.24, 2.45) is 0 Å². The highest BCUT2D eigenvalue weighted by molar-refractivity contribution is 7.10. The van der Waals surface area contributed by atoms with Crippen molar-refractivity contribution in [2.75, 3.05) is 13.7 Å². The lowest BCUT2D eigenvalue weighted by atomic mass is 10.1. The minimum Gasteiger partial charge on any atom is -0.494 e. The smallest absolute Gasteiger partial charge is 0.258 e. The predicted molar refractivity (Wildman–Crippen MR) is 78.3 cm³/mol. The molecule has 0 saturated heterocycles. The van der Waals surface area contributed by atoms with Crippen molar-refractivity contribution in [2.45, 2.75) is 19.9 Å². The Balaban J connectivity index is 1.88. The molecule has 0 N–H and O–H groups in total. The number of hydrogen-bond acceptors (Lipinski definition) is 4. The molecule has 2 aromatic heterocycles. The van der Waals surface area contributed by atoms with Gasteiger partial charge in [-0.25, -0.2) is 0 Å². The Labute approximate surface area is 122 Å². The van der Waals surface area contributed by atoms with Gasteiger partial charge in [0.1, 0.15) is 5.75 Å². The average molecular weight is 288 g/mol. The molecule has 1 aliphatic heterocycles. The van der Waals surface area contributed by atoms with Crippen LogP contribution in [0.1, 0.15) is 26.5 Å². The molecule has 2 aromatic rings. The van der Waals surface area contributed by atoms with Crippen LogP contribution in [0.5, 0.6) is 5.75 Å². The standard InChI is InChI=1S/C15H16N2O2S/c1-10-7-12(13(19-2)8-16-10)15(18)17-5-3-14-11(9-17)4-6-20-14/h4,6-8H,3,5,9H2,1-2H3. The van der Waals surface area contributed by atoms with Crippen molar-refractivity contribution >= 4 is 17.2 Å². The molecule has 104 valence electrons. The molecule has 5 heteroatoms. The minimum atomic E-state index is 0.0178. The third kappa shape index (κ3) is 2.29. The predicted octanol–water partition coefficient (Wildman–Crippen LogP) is 2.66. The number of carbonyl (C=O) groups is 1. The fourth-order valence-corrected chi connectivity index (χ4v) is 3.36. The summed E-state index contributed by atoms with van der Waals surface area (Å²) >= 11 is 1.77. The van der Waals surface area contributed by atoms with Gasteiger partial charge in [0, 0.05) is 23.7 Å². The monoisotopic (exact) mass is 288 g/mol. The lowest BCUT2D eigenvalue weighted by molar-refractivity contribution is 0.0732. The first-order valence-electron chi connectivity index (χ1n) is 6.54. The van der Waals surface area contributed by atoms with E-state index < -0.39 is 0 Å². The van der Waals surface area contributed by atoms with Gasteiger partial charge < -0.3 is 9.64 Å². The quantitative estimate of drug-likeness (QED) is 0.853. The molecule has 0 aromatic carbocycles. The van der Waals surface area contributed by atoms with Crippen LogP contribution in [0.2, 0.25) is 0 Å². The molecule has 0 bridgehead atoms. The van der Waals surface area contributed by atoms with E-state index in [-0.39, 0.29) is 5.91 Å². The van der Waals surface area contributed by atoms with E-state index in [1.54, 1.807) is 30.7 Å². The molecular formula is C15H16N2O2S. The molecule has 0 fully saturated rings. The van der Waals surface area contributed by atoms with Crippen molar-refractivity contribution in [1.29, 1.82) is 0 Å². The minimum absolute atomic E-state index is 0.0178. The van der Waals surface area contributed by atoms with Crippen LogP contribution >= 0.6 is 11.3 Å². The molecule has 3 heterocycles. The Kier molecular flexibility index (Phi) is 3.44. The van der Waals surface area contributed by atoms with Crippen LogP contribution < -0.4 is 4.74 Å². The summed E-state index contributed by atoms with van der Waals surface area (Å²) in [5, 5.41) is 2.09. The van der Waals surface area contributed by atoms with Crippen molar-refractivity contribution in [1.82, 2.24) is 9.88 Å². The number of amides is 1. The average Bonchev–Trinajstić information content (AvgIpc) is 2.93. The van der Waals surface area contributed by atoms with Crippen LogP contribution in [-0.4, -0.2) is 29.4 Å². The molecule has 0 unspecified atom stereocenters. The maximum absolute atomic E-state index is 12.7. The van der Waals surface area contributed by atoms with Gasteiger partial charge in [-0.1, -0.05) is 0 Å². The second-order valence-corrected chi connectivity index (χ2v) is 5.87. The molecule has 1 aliphatic rings. The molecule has 0 aliphatic carbocycles. The molecule has 1 amide bonds. The summed E-state index contributed by atoms with van der Waals surface area (Å²) in [5.74, 6) is 0.556. The summed E-state index contributed by atoms with van der Waals surface area (Å²) in [4.78, 5) is 20.1. The number of carbonyl (C=O) groups excluding carboxylic acids is 1. The summed E-state index contributed by atoms with van der Waals surface area (Å²) in [5.41, 5.74) is 2.68. The largest absolute Gasteiger partial charge is 0.494 e. The van der Waals surface area contributed by atoms with Crippen LogP contribution in [0, 0.1) is 6.92 Å². The number of methoxy groups -OCH3 is 1. The second-order valence-electron chi connectivity index (χ2n) is 4.87. The fourth-order valence-electron chi connectivity index (χ4n) is 2.47. The van der Waals surface area contributed by atoms with Gasteiger partial charge in [0.15, 0.2) is 0 Å². The summed E-state index contributed by atoms with van der Waals surface area (Å²) in [6, 6.07) is 3.90. The molecular weight excluding hydrogens is 272 g/mol. The van der Waals surface area contributed by atoms with E-state index >= 15 is 0 Å². The third-order valence-corrected chi connectivity index (χ3v) is 4.57. The Bertz CT molecular complexity index is 651. The lowest BCUT2D eigenvalue weighted by Gasteiger charge is -2.27. The topological polar surface area (TPSA) is 42.4 Å². The Hall–Kier alpha value is -1.88. The number of rotatable bonds is 2. The van der Waals surface area contributed by atoms with E-state index in [0.717, 1.165) is 18.7 Å². The summed E-state index contributed by atoms with van der Waals surface area (Å²) in [7, 11) is 1.57. The zero-order valence-corrected chi connectivity index (χ0v) is 12.4. The fraction of sp³-hybridized carbons (Fsp3) is 0.333. The normalized spacial score (nSPS) is 14.0. The van der Waals surface area contributed by atoms with Crippen molar-refractivity contribution < 1.29 is 9.53 Å². The molecule has 0 spiro atoms. The third-order valence-electron chi connectivity index (χ3n) is 3.55. The molecule has 0 saturated carbocycles. The number of ether oxygens (including phenoxy) is 1. The van der Waals surface area contributed by atoms with E-state index in [0.29, 0.717) is 17.9 Å². The second kappa shape index (κ2) is 5.25. The number of aromatic nitrogens is 1. The number of fused-ring (bicyclic) bond motifs is 1. The lowest BCUT2D eigenvalue weighted by Crippen LogP contribution is -2.35. The molecule has 20 heavy (non-hydrogen) atoms. The van der Waals surface area contributed by atoms with Crippen molar-refractivity contribution in [3.8, 4) is 5.75 Å². The number of aryl methyl sites for hydroxylation is 1. The highest BCUT2D eigenvalue weighted by Crippen LogP contribution is 2.27. The maximum Gasteiger partial charge on any atom is 0.258 e. The maximum atomic E-state index is 12.7. The summed E-state index contributed by atoms with van der Waals surface area (Å²) in [6.07, 6.45) is 2.55. The van der Waals surface area contributed by atoms with E-state index in [1.807, 2.05) is 11.8 Å². The number of thiophene rings is 1. The van der Waals surface area contributed by atoms with Crippen LogP contribution in [0.15, 0.2) is 23.7 Å². The van der Waals surface area contributed by atoms with E-state index in [2.05, 4.69) is 16.4 Å². The van der Waals surface area contributed by atoms with Gasteiger partial charge in [-0.05, 0) is 36.4 Å². The summed E-state index contributed by atoms with van der Waals surface area (Å²) in [6.45, 7) is 3.32. The van der Waals surface area contributed by atoms with E-state index in [1.165, 1.54) is 10.4 Å². The van der Waals surface area contributed by atoms with E-state index in [9.17, 15) is 4.79 Å². The van der Waals surface area contributed by atoms with Crippen LogP contribution in [0.4, 0.5) is 0 Å². The van der Waals surface area contributed by atoms with Gasteiger partial charge in [-0.15, -0.1) is 11.3 Å². The zero-order chi connectivity index (χ0) is 14.1. The first-order valence-corrected chi connectivity index (χ1v) is 7.42. The van der Waals surface area contributed by atoms with Crippen LogP contribution in [0.3, 0.4) is 0 Å². The molecule has 0 atom stereocenters. The first-order chi connectivity index (χ1) is 9.69. The van der Waals surface area contributed by atoms with Gasteiger partial charge >= 0.3 is 0 Å². The Morgan fingerprint density at radius 3 is 3.15 bits per heavy atom. The first kappa shape index (κ1) is 13.1. The highest BCUT2D eigenvalue weighted by Gasteiger charge is 2.24. The zero-order valence-electron chi connectivity index (χ0n) is 11.5. The van der Waals surface area contributed by atoms with Crippen molar-refractivity contribution in [3.63, 3.8) is 0 Å². The van der Waals surface area contributed by atoms with Gasteiger partial charge in [0.25, 0.3) is 5.91 Å². The number of pyridine rings is 1. The highest BCUT2D eigenvalue weighted by atomic mass is 32.1. The van der Waals surface area contributed by atoms with Crippen molar-refractivity contribution in [3.05, 3.63) is 45.4 Å². The Morgan fingerprint density at radius 1 is 1.50 bits per heavy atom. The number of nitrogens with zero attached hydrogens (tertiary/aromatic N) is 2. The van der Waals surface area contributed by atoms with Gasteiger partial charge in [0.2, 0.25) is 0 Å². The van der Waals surface area contributed by atoms with Crippen LogP contribution in [-0.2, 0) is 13.0 Å². The van der Waals surface area contributed by atoms with Gasteiger partial charge in [-0.2, -0.15) is 0 Å². The van der Waals surface area contributed by atoms with Gasteiger partial charge in [0.05, 0.1) is 18.9 Å².